The number of hydrogen-bond acceptors (Lipinski definition) is 2. The number of amides is 2. The first-order valence-corrected chi connectivity index (χ1v) is 7.11. The molecule has 2 N–H and O–H groups in total. The fourth-order valence-corrected chi connectivity index (χ4v) is 2.36. The van der Waals surface area contributed by atoms with Crippen molar-refractivity contribution >= 4 is 6.03 Å². The molecule has 20 heavy (non-hydrogen) atoms. The summed E-state index contributed by atoms with van der Waals surface area (Å²) in [5, 5.41) is 5.84. The highest BCUT2D eigenvalue weighted by Gasteiger charge is 2.17. The largest absolute Gasteiger partial charge is 0.338 e. The van der Waals surface area contributed by atoms with Crippen molar-refractivity contribution in [2.75, 3.05) is 26.7 Å². The van der Waals surface area contributed by atoms with E-state index in [1.807, 2.05) is 0 Å². The van der Waals surface area contributed by atoms with Gasteiger partial charge in [0.2, 0.25) is 0 Å². The number of piperidine rings is 1. The molecule has 0 saturated carbocycles. The minimum Gasteiger partial charge on any atom is -0.338 e. The van der Waals surface area contributed by atoms with Gasteiger partial charge in [0.15, 0.2) is 0 Å². The van der Waals surface area contributed by atoms with Crippen molar-refractivity contribution in [2.24, 2.45) is 0 Å². The third kappa shape index (κ3) is 4.81. The van der Waals surface area contributed by atoms with E-state index in [1.165, 1.54) is 12.1 Å². The summed E-state index contributed by atoms with van der Waals surface area (Å²) in [6.45, 7) is 2.62. The molecule has 4 nitrogen and oxygen atoms in total. The number of carbonyl (C=O) groups is 1. The van der Waals surface area contributed by atoms with Gasteiger partial charge in [0.25, 0.3) is 0 Å². The van der Waals surface area contributed by atoms with Gasteiger partial charge in [-0.3, -0.25) is 0 Å². The molecule has 0 unspecified atom stereocenters. The molecule has 110 valence electrons. The van der Waals surface area contributed by atoms with Gasteiger partial charge in [0, 0.05) is 12.6 Å². The molecule has 5 heteroatoms. The van der Waals surface area contributed by atoms with Gasteiger partial charge in [0.1, 0.15) is 5.82 Å². The summed E-state index contributed by atoms with van der Waals surface area (Å²) in [5.41, 5.74) is 1.02. The zero-order valence-corrected chi connectivity index (χ0v) is 11.9. The number of carbonyl (C=O) groups excluding carboxylic acids is 1. The predicted molar refractivity (Wildman–Crippen MR) is 77.2 cm³/mol. The zero-order valence-electron chi connectivity index (χ0n) is 11.9. The van der Waals surface area contributed by atoms with Crippen molar-refractivity contribution < 1.29 is 9.18 Å². The van der Waals surface area contributed by atoms with Crippen molar-refractivity contribution in [1.82, 2.24) is 15.5 Å². The van der Waals surface area contributed by atoms with E-state index in [-0.39, 0.29) is 17.9 Å². The van der Waals surface area contributed by atoms with E-state index in [1.54, 1.807) is 12.1 Å². The number of halogens is 1. The lowest BCUT2D eigenvalue weighted by molar-refractivity contribution is 0.214. The van der Waals surface area contributed by atoms with Crippen LogP contribution in [0, 0.1) is 5.82 Å². The fraction of sp³-hybridized carbons (Fsp3) is 0.533. The number of nitrogens with zero attached hydrogens (tertiary/aromatic N) is 1. The number of hydrogen-bond donors (Lipinski definition) is 2. The van der Waals surface area contributed by atoms with Crippen LogP contribution in [-0.2, 0) is 6.42 Å². The standard InChI is InChI=1S/C15H22FN3O/c1-19-10-7-14(8-11-19)18-15(20)17-9-6-12-2-4-13(16)5-3-12/h2-5,14H,6-11H2,1H3,(H2,17,18,20). The Morgan fingerprint density at radius 2 is 1.95 bits per heavy atom. The summed E-state index contributed by atoms with van der Waals surface area (Å²) in [7, 11) is 2.10. The van der Waals surface area contributed by atoms with Gasteiger partial charge >= 0.3 is 6.03 Å². The molecule has 0 aromatic heterocycles. The van der Waals surface area contributed by atoms with E-state index in [2.05, 4.69) is 22.6 Å². The van der Waals surface area contributed by atoms with Crippen LogP contribution in [0.2, 0.25) is 0 Å². The summed E-state index contributed by atoms with van der Waals surface area (Å²) in [6, 6.07) is 6.53. The van der Waals surface area contributed by atoms with E-state index in [0.29, 0.717) is 13.0 Å². The Hall–Kier alpha value is -1.62. The maximum Gasteiger partial charge on any atom is 0.315 e. The molecule has 0 bridgehead atoms. The second kappa shape index (κ2) is 7.24. The minimum absolute atomic E-state index is 0.110. The van der Waals surface area contributed by atoms with Gasteiger partial charge in [0.05, 0.1) is 0 Å². The monoisotopic (exact) mass is 279 g/mol. The SMILES string of the molecule is CN1CCC(NC(=O)NCCc2ccc(F)cc2)CC1. The number of likely N-dealkylation sites (tertiary alicyclic amines) is 1. The Morgan fingerprint density at radius 3 is 2.60 bits per heavy atom. The first-order valence-electron chi connectivity index (χ1n) is 7.11. The zero-order chi connectivity index (χ0) is 14.4. The Balaban J connectivity index is 1.64. The van der Waals surface area contributed by atoms with E-state index in [4.69, 9.17) is 0 Å². The Labute approximate surface area is 119 Å². The molecule has 0 atom stereocenters. The van der Waals surface area contributed by atoms with Gasteiger partial charge in [-0.1, -0.05) is 12.1 Å². The van der Waals surface area contributed by atoms with Crippen LogP contribution < -0.4 is 10.6 Å². The highest BCUT2D eigenvalue weighted by molar-refractivity contribution is 5.74. The van der Waals surface area contributed by atoms with Crippen LogP contribution in [-0.4, -0.2) is 43.7 Å². The van der Waals surface area contributed by atoms with Crippen molar-refractivity contribution in [3.05, 3.63) is 35.6 Å². The molecule has 1 heterocycles. The molecule has 2 rings (SSSR count). The highest BCUT2D eigenvalue weighted by Crippen LogP contribution is 2.07. The maximum absolute atomic E-state index is 12.7. The lowest BCUT2D eigenvalue weighted by Gasteiger charge is -2.29. The third-order valence-corrected chi connectivity index (χ3v) is 3.67. The van der Waals surface area contributed by atoms with Gasteiger partial charge in [-0.05, 0) is 57.1 Å². The highest BCUT2D eigenvalue weighted by atomic mass is 19.1. The van der Waals surface area contributed by atoms with Crippen LogP contribution in [0.25, 0.3) is 0 Å². The van der Waals surface area contributed by atoms with Crippen molar-refractivity contribution in [1.29, 1.82) is 0 Å². The summed E-state index contributed by atoms with van der Waals surface area (Å²) in [5.74, 6) is -0.235. The molecule has 2 amide bonds. The first-order chi connectivity index (χ1) is 9.63. The van der Waals surface area contributed by atoms with Crippen molar-refractivity contribution in [3.63, 3.8) is 0 Å². The van der Waals surface area contributed by atoms with Crippen molar-refractivity contribution in [3.8, 4) is 0 Å². The van der Waals surface area contributed by atoms with Crippen LogP contribution in [0.1, 0.15) is 18.4 Å². The molecule has 1 aromatic carbocycles. The lowest BCUT2D eigenvalue weighted by atomic mass is 10.1. The van der Waals surface area contributed by atoms with Crippen LogP contribution >= 0.6 is 0 Å². The van der Waals surface area contributed by atoms with Gasteiger partial charge in [-0.15, -0.1) is 0 Å². The van der Waals surface area contributed by atoms with Crippen LogP contribution in [0.3, 0.4) is 0 Å². The van der Waals surface area contributed by atoms with Gasteiger partial charge in [-0.25, -0.2) is 9.18 Å². The minimum atomic E-state index is -0.235. The fourth-order valence-electron chi connectivity index (χ4n) is 2.36. The van der Waals surface area contributed by atoms with Crippen molar-refractivity contribution in [2.45, 2.75) is 25.3 Å². The Morgan fingerprint density at radius 1 is 1.30 bits per heavy atom. The number of urea groups is 1. The normalized spacial score (nSPS) is 16.9. The molecular formula is C15H22FN3O. The Bertz CT molecular complexity index is 427. The first kappa shape index (κ1) is 14.8. The second-order valence-corrected chi connectivity index (χ2v) is 5.35. The molecule has 0 radical (unpaired) electrons. The molecular weight excluding hydrogens is 257 g/mol. The summed E-state index contributed by atoms with van der Waals surface area (Å²) in [4.78, 5) is 14.0. The third-order valence-electron chi connectivity index (χ3n) is 3.67. The molecule has 0 aliphatic carbocycles. The average Bonchev–Trinajstić information content (AvgIpc) is 2.44. The van der Waals surface area contributed by atoms with E-state index < -0.39 is 0 Å². The lowest BCUT2D eigenvalue weighted by Crippen LogP contribution is -2.47. The molecule has 1 aliphatic heterocycles. The van der Waals surface area contributed by atoms with Crippen LogP contribution in [0.4, 0.5) is 9.18 Å². The quantitative estimate of drug-likeness (QED) is 0.882. The number of rotatable bonds is 4. The predicted octanol–water partition coefficient (Wildman–Crippen LogP) is 1.76. The molecule has 1 aromatic rings. The van der Waals surface area contributed by atoms with E-state index in [9.17, 15) is 9.18 Å². The summed E-state index contributed by atoms with van der Waals surface area (Å²) < 4.78 is 12.7. The number of benzene rings is 1. The summed E-state index contributed by atoms with van der Waals surface area (Å²) in [6.07, 6.45) is 2.71. The Kier molecular flexibility index (Phi) is 5.35. The summed E-state index contributed by atoms with van der Waals surface area (Å²) >= 11 is 0. The average molecular weight is 279 g/mol. The number of nitrogens with one attached hydrogen (secondary N) is 2. The van der Waals surface area contributed by atoms with Crippen LogP contribution in [0.5, 0.6) is 0 Å². The van der Waals surface area contributed by atoms with E-state index in [0.717, 1.165) is 31.5 Å². The maximum atomic E-state index is 12.7. The van der Waals surface area contributed by atoms with Gasteiger partial charge in [-0.2, -0.15) is 0 Å². The van der Waals surface area contributed by atoms with E-state index >= 15 is 0 Å². The molecule has 0 spiro atoms. The molecule has 1 fully saturated rings. The van der Waals surface area contributed by atoms with Crippen LogP contribution in [0.15, 0.2) is 24.3 Å². The smallest absolute Gasteiger partial charge is 0.315 e. The topological polar surface area (TPSA) is 44.4 Å². The van der Waals surface area contributed by atoms with Gasteiger partial charge < -0.3 is 15.5 Å². The second-order valence-electron chi connectivity index (χ2n) is 5.35. The molecule has 1 saturated heterocycles. The molecule has 1 aliphatic rings.